The van der Waals surface area contributed by atoms with Gasteiger partial charge in [-0.2, -0.15) is 5.10 Å². The standard InChI is InChI=1S/C20H25N5O3/c1-3-28-16-6-4-14(5-7-16)17-15(12-21-23-17)13-25-10-8-20(9-11-25)18(26)24(2)19(27)22-20/h4-7,12H,3,8-11,13H2,1-2H3,(H,21,23)(H,22,27). The number of aromatic nitrogens is 2. The molecular weight excluding hydrogens is 358 g/mol. The van der Waals surface area contributed by atoms with E-state index in [0.717, 1.165) is 42.2 Å². The van der Waals surface area contributed by atoms with Gasteiger partial charge in [-0.25, -0.2) is 4.79 Å². The van der Waals surface area contributed by atoms with Crippen LogP contribution in [0.15, 0.2) is 30.5 Å². The molecule has 148 valence electrons. The number of urea groups is 1. The van der Waals surface area contributed by atoms with E-state index in [1.165, 1.54) is 11.9 Å². The molecule has 0 aliphatic carbocycles. The number of carbonyl (C=O) groups excluding carboxylic acids is 2. The van der Waals surface area contributed by atoms with Crippen LogP contribution in [0.25, 0.3) is 11.3 Å². The van der Waals surface area contributed by atoms with Crippen molar-refractivity contribution in [2.24, 2.45) is 0 Å². The molecule has 0 saturated carbocycles. The van der Waals surface area contributed by atoms with Crippen molar-refractivity contribution in [2.45, 2.75) is 31.8 Å². The van der Waals surface area contributed by atoms with E-state index in [-0.39, 0.29) is 11.9 Å². The van der Waals surface area contributed by atoms with Crippen LogP contribution in [0.4, 0.5) is 4.79 Å². The van der Waals surface area contributed by atoms with Gasteiger partial charge in [-0.15, -0.1) is 0 Å². The molecule has 1 spiro atoms. The molecule has 0 bridgehead atoms. The van der Waals surface area contributed by atoms with Crippen molar-refractivity contribution in [3.8, 4) is 17.0 Å². The molecule has 1 aromatic heterocycles. The molecule has 2 N–H and O–H groups in total. The van der Waals surface area contributed by atoms with Crippen LogP contribution >= 0.6 is 0 Å². The molecule has 0 atom stereocenters. The minimum Gasteiger partial charge on any atom is -0.494 e. The lowest BCUT2D eigenvalue weighted by molar-refractivity contribution is -0.132. The number of likely N-dealkylation sites (tertiary alicyclic amines) is 1. The van der Waals surface area contributed by atoms with E-state index in [1.807, 2.05) is 37.4 Å². The second kappa shape index (κ2) is 7.27. The van der Waals surface area contributed by atoms with Crippen molar-refractivity contribution in [3.05, 3.63) is 36.0 Å². The molecule has 2 fully saturated rings. The number of nitrogens with zero attached hydrogens (tertiary/aromatic N) is 3. The minimum atomic E-state index is -0.726. The van der Waals surface area contributed by atoms with Crippen LogP contribution in [-0.4, -0.2) is 64.2 Å². The van der Waals surface area contributed by atoms with Gasteiger partial charge in [-0.3, -0.25) is 19.7 Å². The number of ether oxygens (including phenoxy) is 1. The van der Waals surface area contributed by atoms with Gasteiger partial charge in [-0.05, 0) is 44.0 Å². The van der Waals surface area contributed by atoms with E-state index >= 15 is 0 Å². The lowest BCUT2D eigenvalue weighted by atomic mass is 9.87. The molecule has 1 aromatic carbocycles. The van der Waals surface area contributed by atoms with Crippen LogP contribution in [0, 0.1) is 0 Å². The summed E-state index contributed by atoms with van der Waals surface area (Å²) in [6.45, 7) is 4.84. The van der Waals surface area contributed by atoms with Crippen LogP contribution in [-0.2, 0) is 11.3 Å². The summed E-state index contributed by atoms with van der Waals surface area (Å²) in [5.74, 6) is 0.734. The number of benzene rings is 1. The third-order valence-electron chi connectivity index (χ3n) is 5.64. The van der Waals surface area contributed by atoms with Gasteiger partial charge in [0.1, 0.15) is 11.3 Å². The van der Waals surface area contributed by atoms with Crippen molar-refractivity contribution < 1.29 is 14.3 Å². The Balaban J connectivity index is 1.42. The van der Waals surface area contributed by atoms with Crippen LogP contribution < -0.4 is 10.1 Å². The van der Waals surface area contributed by atoms with Crippen molar-refractivity contribution >= 4 is 11.9 Å². The van der Waals surface area contributed by atoms with Crippen molar-refractivity contribution in [2.75, 3.05) is 26.7 Å². The Labute approximate surface area is 163 Å². The van der Waals surface area contributed by atoms with E-state index in [0.29, 0.717) is 19.4 Å². The van der Waals surface area contributed by atoms with Gasteiger partial charge in [0.15, 0.2) is 0 Å². The van der Waals surface area contributed by atoms with Gasteiger partial charge >= 0.3 is 6.03 Å². The Morgan fingerprint density at radius 1 is 1.18 bits per heavy atom. The molecule has 0 unspecified atom stereocenters. The number of rotatable bonds is 5. The van der Waals surface area contributed by atoms with E-state index in [4.69, 9.17) is 4.74 Å². The monoisotopic (exact) mass is 383 g/mol. The van der Waals surface area contributed by atoms with Crippen molar-refractivity contribution in [1.29, 1.82) is 0 Å². The predicted molar refractivity (Wildman–Crippen MR) is 104 cm³/mol. The minimum absolute atomic E-state index is 0.115. The summed E-state index contributed by atoms with van der Waals surface area (Å²) in [6.07, 6.45) is 3.10. The number of carbonyl (C=O) groups is 2. The third kappa shape index (κ3) is 3.24. The highest BCUT2D eigenvalue weighted by atomic mass is 16.5. The number of aromatic amines is 1. The zero-order valence-corrected chi connectivity index (χ0v) is 16.2. The summed E-state index contributed by atoms with van der Waals surface area (Å²) < 4.78 is 5.50. The van der Waals surface area contributed by atoms with Gasteiger partial charge in [0.25, 0.3) is 5.91 Å². The predicted octanol–water partition coefficient (Wildman–Crippen LogP) is 1.99. The second-order valence-electron chi connectivity index (χ2n) is 7.38. The molecule has 2 aliphatic heterocycles. The Bertz CT molecular complexity index is 868. The fraction of sp³-hybridized carbons (Fsp3) is 0.450. The average molecular weight is 383 g/mol. The van der Waals surface area contributed by atoms with Gasteiger partial charge in [0.2, 0.25) is 0 Å². The number of H-pyrrole nitrogens is 1. The number of piperidine rings is 1. The zero-order valence-electron chi connectivity index (χ0n) is 16.2. The SMILES string of the molecule is CCOc1ccc(-c2[nH]ncc2CN2CCC3(CC2)NC(=O)N(C)C3=O)cc1. The molecule has 8 heteroatoms. The molecule has 3 heterocycles. The number of amides is 3. The van der Waals surface area contributed by atoms with E-state index < -0.39 is 5.54 Å². The average Bonchev–Trinajstić information content (AvgIpc) is 3.24. The molecule has 2 aliphatic rings. The normalized spacial score (nSPS) is 19.3. The van der Waals surface area contributed by atoms with Crippen LogP contribution in [0.3, 0.4) is 0 Å². The molecule has 4 rings (SSSR count). The van der Waals surface area contributed by atoms with Gasteiger partial charge in [0.05, 0.1) is 18.5 Å². The maximum atomic E-state index is 12.4. The molecule has 0 radical (unpaired) electrons. The van der Waals surface area contributed by atoms with Crippen molar-refractivity contribution in [1.82, 2.24) is 25.3 Å². The lowest BCUT2D eigenvalue weighted by Gasteiger charge is -2.37. The first-order chi connectivity index (χ1) is 13.5. The fourth-order valence-electron chi connectivity index (χ4n) is 3.99. The molecule has 3 amide bonds. The van der Waals surface area contributed by atoms with Crippen LogP contribution in [0.5, 0.6) is 5.75 Å². The van der Waals surface area contributed by atoms with Crippen molar-refractivity contribution in [3.63, 3.8) is 0 Å². The molecule has 28 heavy (non-hydrogen) atoms. The molecule has 8 nitrogen and oxygen atoms in total. The van der Waals surface area contributed by atoms with Gasteiger partial charge in [0, 0.05) is 37.8 Å². The second-order valence-corrected chi connectivity index (χ2v) is 7.38. The van der Waals surface area contributed by atoms with Gasteiger partial charge in [-0.1, -0.05) is 0 Å². The Kier molecular flexibility index (Phi) is 4.80. The topological polar surface area (TPSA) is 90.6 Å². The van der Waals surface area contributed by atoms with Crippen LogP contribution in [0.2, 0.25) is 0 Å². The number of hydrogen-bond donors (Lipinski definition) is 2. The highest BCUT2D eigenvalue weighted by Crippen LogP contribution is 2.31. The van der Waals surface area contributed by atoms with E-state index in [9.17, 15) is 9.59 Å². The smallest absolute Gasteiger partial charge is 0.324 e. The quantitative estimate of drug-likeness (QED) is 0.771. The number of imide groups is 1. The van der Waals surface area contributed by atoms with E-state index in [2.05, 4.69) is 20.4 Å². The number of hydrogen-bond acceptors (Lipinski definition) is 5. The summed E-state index contributed by atoms with van der Waals surface area (Å²) in [7, 11) is 1.54. The molecular formula is C20H25N5O3. The first-order valence-electron chi connectivity index (χ1n) is 9.60. The fourth-order valence-corrected chi connectivity index (χ4v) is 3.99. The Morgan fingerprint density at radius 3 is 2.50 bits per heavy atom. The number of nitrogens with one attached hydrogen (secondary N) is 2. The number of likely N-dealkylation sites (N-methyl/N-ethyl adjacent to an activating group) is 1. The maximum absolute atomic E-state index is 12.4. The largest absolute Gasteiger partial charge is 0.494 e. The van der Waals surface area contributed by atoms with Gasteiger partial charge < -0.3 is 10.1 Å². The maximum Gasteiger partial charge on any atom is 0.324 e. The Morgan fingerprint density at radius 2 is 1.89 bits per heavy atom. The third-order valence-corrected chi connectivity index (χ3v) is 5.64. The molecule has 2 aromatic rings. The Hall–Kier alpha value is -2.87. The summed E-state index contributed by atoms with van der Waals surface area (Å²) in [6, 6.07) is 7.66. The lowest BCUT2D eigenvalue weighted by Crippen LogP contribution is -2.54. The van der Waals surface area contributed by atoms with E-state index in [1.54, 1.807) is 0 Å². The first kappa shape index (κ1) is 18.5. The summed E-state index contributed by atoms with van der Waals surface area (Å²) in [4.78, 5) is 27.7. The molecule has 2 saturated heterocycles. The zero-order chi connectivity index (χ0) is 19.7. The summed E-state index contributed by atoms with van der Waals surface area (Å²) >= 11 is 0. The first-order valence-corrected chi connectivity index (χ1v) is 9.60. The summed E-state index contributed by atoms with van der Waals surface area (Å²) in [5, 5.41) is 10.2. The van der Waals surface area contributed by atoms with Crippen LogP contribution in [0.1, 0.15) is 25.3 Å². The summed E-state index contributed by atoms with van der Waals surface area (Å²) in [5.41, 5.74) is 2.44. The highest BCUT2D eigenvalue weighted by molar-refractivity contribution is 6.06. The highest BCUT2D eigenvalue weighted by Gasteiger charge is 2.50.